The molecule has 4 nitrogen and oxygen atoms in total. The minimum Gasteiger partial charge on any atom is -0.478 e. The zero-order chi connectivity index (χ0) is 14.8. The number of aromatic carboxylic acids is 1. The van der Waals surface area contributed by atoms with Gasteiger partial charge in [0.1, 0.15) is 5.56 Å². The van der Waals surface area contributed by atoms with Gasteiger partial charge in [-0.25, -0.2) is 4.79 Å². The van der Waals surface area contributed by atoms with Crippen LogP contribution < -0.4 is 4.90 Å². The van der Waals surface area contributed by atoms with Crippen LogP contribution in [0.3, 0.4) is 0 Å². The molecule has 1 saturated heterocycles. The fourth-order valence-corrected chi connectivity index (χ4v) is 3.31. The van der Waals surface area contributed by atoms with Crippen LogP contribution in [0.25, 0.3) is 10.9 Å². The predicted octanol–water partition coefficient (Wildman–Crippen LogP) is 3.70. The number of hydrogen-bond donors (Lipinski definition) is 1. The fourth-order valence-electron chi connectivity index (χ4n) is 3.31. The molecule has 1 aromatic carbocycles. The van der Waals surface area contributed by atoms with Crippen LogP contribution in [-0.4, -0.2) is 28.6 Å². The first-order chi connectivity index (χ1) is 10.2. The Morgan fingerprint density at radius 1 is 1.38 bits per heavy atom. The van der Waals surface area contributed by atoms with Gasteiger partial charge in [0.25, 0.3) is 0 Å². The number of rotatable bonds is 3. The quantitative estimate of drug-likeness (QED) is 0.933. The monoisotopic (exact) mass is 284 g/mol. The van der Waals surface area contributed by atoms with Crippen LogP contribution in [0.5, 0.6) is 0 Å². The lowest BCUT2D eigenvalue weighted by Crippen LogP contribution is -2.40. The van der Waals surface area contributed by atoms with E-state index >= 15 is 0 Å². The molecule has 1 unspecified atom stereocenters. The molecule has 0 spiro atoms. The molecule has 0 saturated carbocycles. The highest BCUT2D eigenvalue weighted by atomic mass is 16.4. The third-order valence-electron chi connectivity index (χ3n) is 4.36. The first-order valence-electron chi connectivity index (χ1n) is 7.60. The first-order valence-corrected chi connectivity index (χ1v) is 7.60. The van der Waals surface area contributed by atoms with Gasteiger partial charge in [-0.2, -0.15) is 0 Å². The van der Waals surface area contributed by atoms with Gasteiger partial charge in [-0.05, 0) is 31.7 Å². The maximum Gasteiger partial charge on any atom is 0.339 e. The number of pyridine rings is 1. The van der Waals surface area contributed by atoms with E-state index in [9.17, 15) is 9.90 Å². The summed E-state index contributed by atoms with van der Waals surface area (Å²) in [6.45, 7) is 3.10. The van der Waals surface area contributed by atoms with Gasteiger partial charge in [0.15, 0.2) is 0 Å². The molecular weight excluding hydrogens is 264 g/mol. The van der Waals surface area contributed by atoms with Gasteiger partial charge < -0.3 is 10.0 Å². The molecule has 1 aliphatic heterocycles. The summed E-state index contributed by atoms with van der Waals surface area (Å²) < 4.78 is 0. The number of carboxylic acid groups (broad SMARTS) is 1. The summed E-state index contributed by atoms with van der Waals surface area (Å²) in [7, 11) is 0. The summed E-state index contributed by atoms with van der Waals surface area (Å²) in [5.74, 6) is -0.899. The van der Waals surface area contributed by atoms with Gasteiger partial charge in [-0.1, -0.05) is 25.1 Å². The van der Waals surface area contributed by atoms with Crippen LogP contribution in [0.15, 0.2) is 30.5 Å². The van der Waals surface area contributed by atoms with Crippen molar-refractivity contribution in [1.82, 2.24) is 4.98 Å². The highest BCUT2D eigenvalue weighted by molar-refractivity contribution is 6.04. The average molecular weight is 284 g/mol. The van der Waals surface area contributed by atoms with E-state index in [-0.39, 0.29) is 0 Å². The van der Waals surface area contributed by atoms with E-state index in [1.54, 1.807) is 0 Å². The van der Waals surface area contributed by atoms with E-state index in [0.29, 0.717) is 11.6 Å². The molecule has 1 aromatic heterocycles. The molecule has 4 heteroatoms. The molecule has 21 heavy (non-hydrogen) atoms. The third kappa shape index (κ3) is 2.46. The van der Waals surface area contributed by atoms with E-state index in [1.807, 2.05) is 24.3 Å². The number of hydrogen-bond acceptors (Lipinski definition) is 3. The molecule has 2 aromatic rings. The van der Waals surface area contributed by atoms with Gasteiger partial charge in [0.05, 0.1) is 11.2 Å². The van der Waals surface area contributed by atoms with Gasteiger partial charge >= 0.3 is 5.97 Å². The van der Waals surface area contributed by atoms with Crippen LogP contribution in [0.1, 0.15) is 43.0 Å². The second kappa shape index (κ2) is 5.72. The third-order valence-corrected chi connectivity index (χ3v) is 4.36. The maximum absolute atomic E-state index is 11.6. The SMILES string of the molecule is CCC1CCCCN1c1c(C(=O)O)cnc2ccccc12. The number of fused-ring (bicyclic) bond motifs is 1. The van der Waals surface area contributed by atoms with Crippen molar-refractivity contribution in [2.45, 2.75) is 38.6 Å². The van der Waals surface area contributed by atoms with Crippen molar-refractivity contribution < 1.29 is 9.90 Å². The molecule has 1 aliphatic rings. The van der Waals surface area contributed by atoms with Crippen molar-refractivity contribution in [2.24, 2.45) is 0 Å². The van der Waals surface area contributed by atoms with E-state index in [0.717, 1.165) is 42.4 Å². The summed E-state index contributed by atoms with van der Waals surface area (Å²) >= 11 is 0. The standard InChI is InChI=1S/C17H20N2O2/c1-2-12-7-5-6-10-19(12)16-13-8-3-4-9-15(13)18-11-14(16)17(20)21/h3-4,8-9,11-12H,2,5-7,10H2,1H3,(H,20,21). The zero-order valence-electron chi connectivity index (χ0n) is 12.2. The van der Waals surface area contributed by atoms with Crippen LogP contribution in [0, 0.1) is 0 Å². The topological polar surface area (TPSA) is 53.4 Å². The molecule has 3 rings (SSSR count). The summed E-state index contributed by atoms with van der Waals surface area (Å²) in [6, 6.07) is 8.22. The number of aromatic nitrogens is 1. The minimum atomic E-state index is -0.899. The Morgan fingerprint density at radius 2 is 2.19 bits per heavy atom. The van der Waals surface area contributed by atoms with Crippen molar-refractivity contribution >= 4 is 22.6 Å². The number of carboxylic acids is 1. The second-order valence-electron chi connectivity index (χ2n) is 5.59. The normalized spacial score (nSPS) is 18.9. The Kier molecular flexibility index (Phi) is 3.78. The highest BCUT2D eigenvalue weighted by Gasteiger charge is 2.27. The molecule has 1 N–H and O–H groups in total. The lowest BCUT2D eigenvalue weighted by Gasteiger charge is -2.38. The van der Waals surface area contributed by atoms with Crippen LogP contribution in [0.2, 0.25) is 0 Å². The zero-order valence-corrected chi connectivity index (χ0v) is 12.2. The Bertz CT molecular complexity index is 669. The van der Waals surface area contributed by atoms with Gasteiger partial charge in [-0.15, -0.1) is 0 Å². The summed E-state index contributed by atoms with van der Waals surface area (Å²) in [6.07, 6.45) is 6.01. The van der Waals surface area contributed by atoms with E-state index in [2.05, 4.69) is 16.8 Å². The lowest BCUT2D eigenvalue weighted by atomic mass is 9.97. The van der Waals surface area contributed by atoms with Gasteiger partial charge in [0.2, 0.25) is 0 Å². The number of anilines is 1. The van der Waals surface area contributed by atoms with E-state index in [1.165, 1.54) is 12.6 Å². The molecule has 1 fully saturated rings. The Hall–Kier alpha value is -2.10. The second-order valence-corrected chi connectivity index (χ2v) is 5.59. The molecule has 2 heterocycles. The highest BCUT2D eigenvalue weighted by Crippen LogP contribution is 2.34. The van der Waals surface area contributed by atoms with E-state index < -0.39 is 5.97 Å². The number of para-hydroxylation sites is 1. The van der Waals surface area contributed by atoms with Crippen molar-refractivity contribution in [3.63, 3.8) is 0 Å². The van der Waals surface area contributed by atoms with Gasteiger partial charge in [-0.3, -0.25) is 4.98 Å². The van der Waals surface area contributed by atoms with Crippen LogP contribution in [-0.2, 0) is 0 Å². The Labute approximate surface area is 124 Å². The van der Waals surface area contributed by atoms with E-state index in [4.69, 9.17) is 0 Å². The van der Waals surface area contributed by atoms with Crippen molar-refractivity contribution in [3.8, 4) is 0 Å². The molecule has 0 amide bonds. The summed E-state index contributed by atoms with van der Waals surface area (Å²) in [5, 5.41) is 10.5. The van der Waals surface area contributed by atoms with Crippen molar-refractivity contribution in [3.05, 3.63) is 36.0 Å². The average Bonchev–Trinajstić information content (AvgIpc) is 2.53. The van der Waals surface area contributed by atoms with Crippen molar-refractivity contribution in [2.75, 3.05) is 11.4 Å². The number of carbonyl (C=O) groups is 1. The summed E-state index contributed by atoms with van der Waals surface area (Å²) in [4.78, 5) is 18.2. The molecule has 0 radical (unpaired) electrons. The Morgan fingerprint density at radius 3 is 2.95 bits per heavy atom. The molecule has 0 aliphatic carbocycles. The number of benzene rings is 1. The predicted molar refractivity (Wildman–Crippen MR) is 84.0 cm³/mol. The summed E-state index contributed by atoms with van der Waals surface area (Å²) in [5.41, 5.74) is 2.02. The minimum absolute atomic E-state index is 0.314. The Balaban J connectivity index is 2.22. The fraction of sp³-hybridized carbons (Fsp3) is 0.412. The largest absolute Gasteiger partial charge is 0.478 e. The molecule has 1 atom stereocenters. The van der Waals surface area contributed by atoms with Gasteiger partial charge in [0, 0.05) is 24.2 Å². The van der Waals surface area contributed by atoms with Crippen molar-refractivity contribution in [1.29, 1.82) is 0 Å². The molecular formula is C17H20N2O2. The first kappa shape index (κ1) is 13.9. The lowest BCUT2D eigenvalue weighted by molar-refractivity contribution is 0.0697. The van der Waals surface area contributed by atoms with Crippen LogP contribution in [0.4, 0.5) is 5.69 Å². The molecule has 0 bridgehead atoms. The number of nitrogens with zero attached hydrogens (tertiary/aromatic N) is 2. The molecule has 110 valence electrons. The smallest absolute Gasteiger partial charge is 0.339 e. The maximum atomic E-state index is 11.6. The number of piperidine rings is 1. The van der Waals surface area contributed by atoms with Crippen LogP contribution >= 0.6 is 0 Å².